The maximum atomic E-state index is 12.0. The van der Waals surface area contributed by atoms with E-state index in [1.165, 1.54) is 7.11 Å². The van der Waals surface area contributed by atoms with Crippen LogP contribution in [0.15, 0.2) is 12.1 Å². The molecule has 1 aromatic carbocycles. The van der Waals surface area contributed by atoms with Crippen molar-refractivity contribution in [3.05, 3.63) is 28.3 Å². The van der Waals surface area contributed by atoms with Gasteiger partial charge in [-0.05, 0) is 25.5 Å². The Balaban J connectivity index is 2.47. The fourth-order valence-electron chi connectivity index (χ4n) is 2.94. The van der Waals surface area contributed by atoms with Crippen molar-refractivity contribution in [2.24, 2.45) is 5.92 Å². The third-order valence-corrected chi connectivity index (χ3v) is 4.48. The molecule has 0 saturated heterocycles. The van der Waals surface area contributed by atoms with E-state index in [1.807, 2.05) is 13.8 Å². The zero-order valence-corrected chi connectivity index (χ0v) is 14.5. The molecular formula is C17H23ClO4. The number of rotatable bonds is 4. The van der Waals surface area contributed by atoms with Crippen molar-refractivity contribution in [1.29, 1.82) is 0 Å². The number of hydrogen-bond donors (Lipinski definition) is 0. The Morgan fingerprint density at radius 3 is 2.77 bits per heavy atom. The van der Waals surface area contributed by atoms with Crippen LogP contribution in [0, 0.1) is 5.92 Å². The summed E-state index contributed by atoms with van der Waals surface area (Å²) in [6.45, 7) is 8.09. The molecule has 3 unspecified atom stereocenters. The van der Waals surface area contributed by atoms with Crippen LogP contribution in [0.25, 0.3) is 0 Å². The summed E-state index contributed by atoms with van der Waals surface area (Å²) < 4.78 is 17.1. The molecule has 0 N–H and O–H groups in total. The molecule has 122 valence electrons. The normalized spacial score (nSPS) is 25.1. The van der Waals surface area contributed by atoms with E-state index in [-0.39, 0.29) is 12.0 Å². The van der Waals surface area contributed by atoms with Gasteiger partial charge in [-0.15, -0.1) is 0 Å². The summed E-state index contributed by atoms with van der Waals surface area (Å²) in [5.74, 6) is -0.366. The van der Waals surface area contributed by atoms with Crippen molar-refractivity contribution in [2.45, 2.75) is 52.4 Å². The fraction of sp³-hybridized carbons (Fsp3) is 0.588. The molecule has 2 rings (SSSR count). The van der Waals surface area contributed by atoms with Gasteiger partial charge in [0.25, 0.3) is 0 Å². The number of methoxy groups -OCH3 is 1. The van der Waals surface area contributed by atoms with E-state index in [9.17, 15) is 4.79 Å². The smallest absolute Gasteiger partial charge is 0.338 e. The van der Waals surface area contributed by atoms with Crippen LogP contribution in [0.4, 0.5) is 0 Å². The molecule has 0 spiro atoms. The molecule has 1 aliphatic heterocycles. The van der Waals surface area contributed by atoms with Crippen molar-refractivity contribution in [3.8, 4) is 5.75 Å². The van der Waals surface area contributed by atoms with Crippen molar-refractivity contribution in [1.82, 2.24) is 0 Å². The van der Waals surface area contributed by atoms with E-state index >= 15 is 0 Å². The van der Waals surface area contributed by atoms with Crippen LogP contribution in [0.1, 0.15) is 62.6 Å². The van der Waals surface area contributed by atoms with E-state index in [0.29, 0.717) is 21.9 Å². The van der Waals surface area contributed by atoms with Crippen molar-refractivity contribution >= 4 is 17.6 Å². The van der Waals surface area contributed by atoms with Crippen molar-refractivity contribution in [3.63, 3.8) is 0 Å². The number of fused-ring (bicyclic) bond motifs is 1. The monoisotopic (exact) mass is 326 g/mol. The molecule has 5 heteroatoms. The fourth-order valence-corrected chi connectivity index (χ4v) is 3.15. The lowest BCUT2D eigenvalue weighted by Crippen LogP contribution is -2.46. The van der Waals surface area contributed by atoms with E-state index in [4.69, 9.17) is 25.8 Å². The summed E-state index contributed by atoms with van der Waals surface area (Å²) in [6.07, 6.45) is 1.76. The summed E-state index contributed by atoms with van der Waals surface area (Å²) in [5.41, 5.74) is 1.08. The average molecular weight is 327 g/mol. The number of carbonyl (C=O) groups excluding carboxylic acids is 1. The molecule has 0 bridgehead atoms. The maximum absolute atomic E-state index is 12.0. The first-order chi connectivity index (χ1) is 10.3. The van der Waals surface area contributed by atoms with Crippen LogP contribution in [-0.2, 0) is 9.47 Å². The average Bonchev–Trinajstić information content (AvgIpc) is 2.45. The molecule has 0 aliphatic carbocycles. The number of ether oxygens (including phenoxy) is 3. The van der Waals surface area contributed by atoms with E-state index in [2.05, 4.69) is 13.8 Å². The second kappa shape index (κ2) is 6.47. The minimum Gasteiger partial charge on any atom is -0.465 e. The minimum absolute atomic E-state index is 0.216. The highest BCUT2D eigenvalue weighted by Crippen LogP contribution is 2.45. The van der Waals surface area contributed by atoms with Crippen LogP contribution in [0.5, 0.6) is 5.75 Å². The molecule has 3 atom stereocenters. The van der Waals surface area contributed by atoms with Gasteiger partial charge < -0.3 is 14.2 Å². The number of benzene rings is 1. The van der Waals surface area contributed by atoms with Gasteiger partial charge in [0, 0.05) is 23.4 Å². The lowest BCUT2D eigenvalue weighted by molar-refractivity contribution is -0.242. The van der Waals surface area contributed by atoms with Crippen molar-refractivity contribution in [2.75, 3.05) is 7.11 Å². The second-order valence-corrected chi connectivity index (χ2v) is 6.36. The first kappa shape index (κ1) is 17.1. The Labute approximate surface area is 136 Å². The third kappa shape index (κ3) is 3.08. The van der Waals surface area contributed by atoms with Gasteiger partial charge in [0.1, 0.15) is 5.75 Å². The molecule has 22 heavy (non-hydrogen) atoms. The first-order valence-corrected chi connectivity index (χ1v) is 7.98. The van der Waals surface area contributed by atoms with Crippen LogP contribution in [0.2, 0.25) is 5.02 Å². The lowest BCUT2D eigenvalue weighted by atomic mass is 9.93. The lowest BCUT2D eigenvalue weighted by Gasteiger charge is -2.43. The summed E-state index contributed by atoms with van der Waals surface area (Å²) in [6, 6.07) is 3.33. The molecular weight excluding hydrogens is 304 g/mol. The quantitative estimate of drug-likeness (QED) is 0.749. The van der Waals surface area contributed by atoms with Gasteiger partial charge in [-0.25, -0.2) is 4.79 Å². The van der Waals surface area contributed by atoms with Gasteiger partial charge in [0.15, 0.2) is 0 Å². The predicted molar refractivity (Wildman–Crippen MR) is 85.4 cm³/mol. The summed E-state index contributed by atoms with van der Waals surface area (Å²) >= 11 is 6.14. The zero-order chi connectivity index (χ0) is 16.5. The van der Waals surface area contributed by atoms with Crippen LogP contribution < -0.4 is 4.74 Å². The summed E-state index contributed by atoms with van der Waals surface area (Å²) in [4.78, 5) is 12.0. The molecule has 0 aromatic heterocycles. The molecule has 0 saturated carbocycles. The number of carbonyl (C=O) groups is 1. The Morgan fingerprint density at radius 2 is 2.18 bits per heavy atom. The highest BCUT2D eigenvalue weighted by atomic mass is 35.5. The SMILES string of the molecule is CCCC(C)C1(C)Oc2cc(Cl)cc(C(=O)OC)c2C(C)O1. The number of hydrogen-bond acceptors (Lipinski definition) is 4. The van der Waals surface area contributed by atoms with Crippen molar-refractivity contribution < 1.29 is 19.0 Å². The highest BCUT2D eigenvalue weighted by Gasteiger charge is 2.42. The predicted octanol–water partition coefficient (Wildman–Crippen LogP) is 4.75. The topological polar surface area (TPSA) is 44.8 Å². The van der Waals surface area contributed by atoms with Crippen LogP contribution in [-0.4, -0.2) is 18.9 Å². The summed E-state index contributed by atoms with van der Waals surface area (Å²) in [5, 5.41) is 0.443. The number of esters is 1. The van der Waals surface area contributed by atoms with Crippen LogP contribution in [0.3, 0.4) is 0 Å². The highest BCUT2D eigenvalue weighted by molar-refractivity contribution is 6.31. The molecule has 0 amide bonds. The van der Waals surface area contributed by atoms with Gasteiger partial charge in [-0.3, -0.25) is 0 Å². The largest absolute Gasteiger partial charge is 0.465 e. The Kier molecular flexibility index (Phi) is 5.03. The van der Waals surface area contributed by atoms with Gasteiger partial charge >= 0.3 is 5.97 Å². The molecule has 1 heterocycles. The van der Waals surface area contributed by atoms with Gasteiger partial charge in [0.05, 0.1) is 18.8 Å². The molecule has 1 aliphatic rings. The van der Waals surface area contributed by atoms with E-state index in [1.54, 1.807) is 12.1 Å². The second-order valence-electron chi connectivity index (χ2n) is 5.92. The Morgan fingerprint density at radius 1 is 1.50 bits per heavy atom. The molecule has 0 fully saturated rings. The standard InChI is InChI=1S/C17H23ClO4/c1-6-7-10(2)17(4)21-11(3)15-13(16(19)20-5)8-12(18)9-14(15)22-17/h8-11H,6-7H2,1-5H3. The Hall–Kier alpha value is -1.26. The zero-order valence-electron chi connectivity index (χ0n) is 13.7. The summed E-state index contributed by atoms with van der Waals surface area (Å²) in [7, 11) is 1.35. The molecule has 1 aromatic rings. The molecule has 4 nitrogen and oxygen atoms in total. The first-order valence-electron chi connectivity index (χ1n) is 7.61. The Bertz CT molecular complexity index is 572. The van der Waals surface area contributed by atoms with Gasteiger partial charge in [-0.2, -0.15) is 0 Å². The van der Waals surface area contributed by atoms with Gasteiger partial charge in [-0.1, -0.05) is 31.9 Å². The third-order valence-electron chi connectivity index (χ3n) is 4.26. The minimum atomic E-state index is -0.736. The van der Waals surface area contributed by atoms with E-state index < -0.39 is 11.8 Å². The number of halogens is 1. The van der Waals surface area contributed by atoms with E-state index in [0.717, 1.165) is 12.8 Å². The van der Waals surface area contributed by atoms with Gasteiger partial charge in [0.2, 0.25) is 5.79 Å². The van der Waals surface area contributed by atoms with Crippen LogP contribution >= 0.6 is 11.6 Å². The molecule has 0 radical (unpaired) electrons. The maximum Gasteiger partial charge on any atom is 0.338 e.